The second kappa shape index (κ2) is 7.15. The quantitative estimate of drug-likeness (QED) is 0.814. The zero-order chi connectivity index (χ0) is 18.8. The number of amides is 2. The Morgan fingerprint density at radius 2 is 1.81 bits per heavy atom. The molecule has 8 heteroatoms. The Kier molecular flexibility index (Phi) is 4.92. The predicted molar refractivity (Wildman–Crippen MR) is 93.6 cm³/mol. The molecule has 2 aromatic rings. The number of carbonyl (C=O) groups excluding carboxylic acids is 2. The first-order chi connectivity index (χ1) is 12.4. The van der Waals surface area contributed by atoms with E-state index in [9.17, 15) is 18.8 Å². The number of rotatable bonds is 2. The molecule has 1 aromatic carbocycles. The van der Waals surface area contributed by atoms with E-state index in [4.69, 9.17) is 4.74 Å². The maximum Gasteiger partial charge on any atom is 0.409 e. The van der Waals surface area contributed by atoms with E-state index in [2.05, 4.69) is 0 Å². The molecule has 0 unspecified atom stereocenters. The molecular weight excluding hydrogens is 341 g/mol. The standard InChI is InChI=1S/C18H20FN3O4/c1-3-26-18(25)22-8-6-21(7-9-22)17(24)14-11-20(2)15-5-4-12(19)10-13(15)16(14)23/h4-5,10-11H,3,6-9H2,1-2H3. The molecule has 0 aliphatic carbocycles. The molecule has 0 saturated carbocycles. The summed E-state index contributed by atoms with van der Waals surface area (Å²) in [6.45, 7) is 3.32. The minimum Gasteiger partial charge on any atom is -0.450 e. The molecule has 2 amide bonds. The Morgan fingerprint density at radius 1 is 1.15 bits per heavy atom. The van der Waals surface area contributed by atoms with Crippen molar-refractivity contribution in [3.8, 4) is 0 Å². The highest BCUT2D eigenvalue weighted by molar-refractivity contribution is 5.97. The molecule has 1 aliphatic heterocycles. The van der Waals surface area contributed by atoms with Gasteiger partial charge in [-0.05, 0) is 25.1 Å². The molecule has 1 fully saturated rings. The van der Waals surface area contributed by atoms with Gasteiger partial charge in [0.2, 0.25) is 5.43 Å². The Bertz CT molecular complexity index is 917. The summed E-state index contributed by atoms with van der Waals surface area (Å²) in [6.07, 6.45) is 1.07. The van der Waals surface area contributed by atoms with Crippen molar-refractivity contribution in [2.75, 3.05) is 32.8 Å². The number of hydrogen-bond donors (Lipinski definition) is 0. The molecule has 0 spiro atoms. The van der Waals surface area contributed by atoms with Crippen molar-refractivity contribution in [2.45, 2.75) is 6.92 Å². The van der Waals surface area contributed by atoms with E-state index in [1.807, 2.05) is 0 Å². The maximum atomic E-state index is 13.5. The minimum atomic E-state index is -0.526. The second-order valence-electron chi connectivity index (χ2n) is 6.12. The van der Waals surface area contributed by atoms with Crippen LogP contribution in [-0.2, 0) is 11.8 Å². The molecule has 0 radical (unpaired) electrons. The lowest BCUT2D eigenvalue weighted by Crippen LogP contribution is -2.51. The maximum absolute atomic E-state index is 13.5. The normalized spacial score (nSPS) is 14.6. The molecule has 138 valence electrons. The highest BCUT2D eigenvalue weighted by atomic mass is 19.1. The first-order valence-electron chi connectivity index (χ1n) is 8.42. The number of piperazine rings is 1. The molecule has 2 heterocycles. The van der Waals surface area contributed by atoms with E-state index in [0.717, 1.165) is 6.07 Å². The minimum absolute atomic E-state index is 0.00446. The largest absolute Gasteiger partial charge is 0.450 e. The topological polar surface area (TPSA) is 71.8 Å². The van der Waals surface area contributed by atoms with Gasteiger partial charge in [0.1, 0.15) is 11.4 Å². The smallest absolute Gasteiger partial charge is 0.409 e. The molecule has 0 bridgehead atoms. The lowest BCUT2D eigenvalue weighted by Gasteiger charge is -2.34. The van der Waals surface area contributed by atoms with E-state index in [1.54, 1.807) is 18.5 Å². The number of carbonyl (C=O) groups is 2. The van der Waals surface area contributed by atoms with Crippen LogP contribution in [0.4, 0.5) is 9.18 Å². The van der Waals surface area contributed by atoms with Crippen LogP contribution in [0.2, 0.25) is 0 Å². The van der Waals surface area contributed by atoms with Gasteiger partial charge in [-0.1, -0.05) is 0 Å². The van der Waals surface area contributed by atoms with Crippen LogP contribution in [0.1, 0.15) is 17.3 Å². The first-order valence-corrected chi connectivity index (χ1v) is 8.42. The fourth-order valence-corrected chi connectivity index (χ4v) is 3.09. The van der Waals surface area contributed by atoms with E-state index < -0.39 is 23.2 Å². The van der Waals surface area contributed by atoms with Crippen molar-refractivity contribution in [1.82, 2.24) is 14.4 Å². The van der Waals surface area contributed by atoms with Crippen molar-refractivity contribution < 1.29 is 18.7 Å². The van der Waals surface area contributed by atoms with E-state index in [-0.39, 0.29) is 10.9 Å². The van der Waals surface area contributed by atoms with E-state index in [0.29, 0.717) is 38.3 Å². The van der Waals surface area contributed by atoms with Gasteiger partial charge >= 0.3 is 6.09 Å². The van der Waals surface area contributed by atoms with Gasteiger partial charge in [-0.15, -0.1) is 0 Å². The monoisotopic (exact) mass is 361 g/mol. The Hall–Kier alpha value is -2.90. The Morgan fingerprint density at radius 3 is 2.46 bits per heavy atom. The van der Waals surface area contributed by atoms with Crippen LogP contribution in [0.3, 0.4) is 0 Å². The molecule has 0 atom stereocenters. The number of halogens is 1. The van der Waals surface area contributed by atoms with Gasteiger partial charge in [0.15, 0.2) is 0 Å². The van der Waals surface area contributed by atoms with Crippen molar-refractivity contribution >= 4 is 22.9 Å². The van der Waals surface area contributed by atoms with Crippen LogP contribution in [0.15, 0.2) is 29.2 Å². The summed E-state index contributed by atoms with van der Waals surface area (Å²) >= 11 is 0. The molecular formula is C18H20FN3O4. The summed E-state index contributed by atoms with van der Waals surface area (Å²) in [6, 6.07) is 3.93. The molecule has 1 aliphatic rings. The van der Waals surface area contributed by atoms with Crippen LogP contribution < -0.4 is 5.43 Å². The third kappa shape index (κ3) is 3.26. The zero-order valence-corrected chi connectivity index (χ0v) is 14.7. The van der Waals surface area contributed by atoms with Crippen molar-refractivity contribution in [3.63, 3.8) is 0 Å². The van der Waals surface area contributed by atoms with Crippen LogP contribution in [-0.4, -0.2) is 59.2 Å². The van der Waals surface area contributed by atoms with Gasteiger partial charge in [-0.25, -0.2) is 9.18 Å². The highest BCUT2D eigenvalue weighted by Gasteiger charge is 2.27. The third-order valence-corrected chi connectivity index (χ3v) is 4.47. The third-order valence-electron chi connectivity index (χ3n) is 4.47. The number of ether oxygens (including phenoxy) is 1. The van der Waals surface area contributed by atoms with Crippen molar-refractivity contribution in [1.29, 1.82) is 0 Å². The van der Waals surface area contributed by atoms with Gasteiger partial charge in [-0.2, -0.15) is 0 Å². The number of aryl methyl sites for hydroxylation is 1. The van der Waals surface area contributed by atoms with E-state index >= 15 is 0 Å². The molecule has 3 rings (SSSR count). The lowest BCUT2D eigenvalue weighted by molar-refractivity contribution is 0.0569. The summed E-state index contributed by atoms with van der Waals surface area (Å²) in [4.78, 5) is 40.2. The second-order valence-corrected chi connectivity index (χ2v) is 6.12. The fraction of sp³-hybridized carbons (Fsp3) is 0.389. The number of fused-ring (bicyclic) bond motifs is 1. The molecule has 1 saturated heterocycles. The van der Waals surface area contributed by atoms with Gasteiger partial charge in [0.25, 0.3) is 5.91 Å². The number of benzene rings is 1. The van der Waals surface area contributed by atoms with Gasteiger partial charge in [0, 0.05) is 44.8 Å². The fourth-order valence-electron chi connectivity index (χ4n) is 3.09. The SMILES string of the molecule is CCOC(=O)N1CCN(C(=O)c2cn(C)c3ccc(F)cc3c2=O)CC1. The van der Waals surface area contributed by atoms with Crippen LogP contribution in [0.5, 0.6) is 0 Å². The Labute approximate surface area is 149 Å². The Balaban J connectivity index is 1.84. The molecule has 0 N–H and O–H groups in total. The average molecular weight is 361 g/mol. The number of nitrogens with zero attached hydrogens (tertiary/aromatic N) is 3. The molecule has 7 nitrogen and oxygen atoms in total. The predicted octanol–water partition coefficient (Wildman–Crippen LogP) is 1.59. The van der Waals surface area contributed by atoms with Gasteiger partial charge in [0.05, 0.1) is 12.1 Å². The number of aromatic nitrogens is 1. The van der Waals surface area contributed by atoms with Gasteiger partial charge < -0.3 is 19.1 Å². The van der Waals surface area contributed by atoms with Gasteiger partial charge in [-0.3, -0.25) is 9.59 Å². The molecule has 26 heavy (non-hydrogen) atoms. The first kappa shape index (κ1) is 17.9. The summed E-state index contributed by atoms with van der Waals surface area (Å²) in [7, 11) is 1.70. The number of hydrogen-bond acceptors (Lipinski definition) is 4. The lowest BCUT2D eigenvalue weighted by atomic mass is 10.1. The van der Waals surface area contributed by atoms with Crippen molar-refractivity contribution in [2.24, 2.45) is 7.05 Å². The average Bonchev–Trinajstić information content (AvgIpc) is 2.64. The highest BCUT2D eigenvalue weighted by Crippen LogP contribution is 2.14. The van der Waals surface area contributed by atoms with Crippen molar-refractivity contribution in [3.05, 3.63) is 46.0 Å². The summed E-state index contributed by atoms with van der Waals surface area (Å²) < 4.78 is 20.1. The van der Waals surface area contributed by atoms with Crippen LogP contribution in [0.25, 0.3) is 10.9 Å². The van der Waals surface area contributed by atoms with E-state index in [1.165, 1.54) is 28.1 Å². The summed E-state index contributed by atoms with van der Waals surface area (Å²) in [5.74, 6) is -0.942. The summed E-state index contributed by atoms with van der Waals surface area (Å²) in [5, 5.41) is 0.170. The zero-order valence-electron chi connectivity index (χ0n) is 14.7. The molecule has 1 aromatic heterocycles. The van der Waals surface area contributed by atoms with Crippen LogP contribution in [0, 0.1) is 5.82 Å². The van der Waals surface area contributed by atoms with Crippen LogP contribution >= 0.6 is 0 Å². The summed E-state index contributed by atoms with van der Waals surface area (Å²) in [5.41, 5.74) is 0.0608. The number of pyridine rings is 1.